The molecule has 27 heavy (non-hydrogen) atoms. The van der Waals surface area contributed by atoms with E-state index in [2.05, 4.69) is 37.7 Å². The van der Waals surface area contributed by atoms with Crippen LogP contribution in [0.4, 0.5) is 0 Å². The minimum absolute atomic E-state index is 0.0153. The van der Waals surface area contributed by atoms with Crippen molar-refractivity contribution in [3.05, 3.63) is 17.5 Å². The Hall–Kier alpha value is -1.44. The molecule has 2 saturated heterocycles. The van der Waals surface area contributed by atoms with E-state index in [1.807, 2.05) is 18.0 Å². The van der Waals surface area contributed by atoms with E-state index in [0.717, 1.165) is 25.3 Å². The number of nitrogens with zero attached hydrogens (tertiary/aromatic N) is 4. The van der Waals surface area contributed by atoms with Crippen LogP contribution in [0.2, 0.25) is 0 Å². The molecule has 0 aromatic carbocycles. The number of aromatic nitrogens is 2. The van der Waals surface area contributed by atoms with E-state index < -0.39 is 0 Å². The average Bonchev–Trinajstić information content (AvgIpc) is 3.17. The van der Waals surface area contributed by atoms with Crippen molar-refractivity contribution in [3.63, 3.8) is 0 Å². The van der Waals surface area contributed by atoms with Crippen molar-refractivity contribution >= 4 is 5.91 Å². The maximum atomic E-state index is 13.1. The summed E-state index contributed by atoms with van der Waals surface area (Å²) in [6.07, 6.45) is 0.453. The number of rotatable bonds is 5. The molecule has 2 fully saturated rings. The highest BCUT2D eigenvalue weighted by Gasteiger charge is 2.38. The van der Waals surface area contributed by atoms with Crippen LogP contribution in [0, 0.1) is 11.8 Å². The Kier molecular flexibility index (Phi) is 6.23. The number of amides is 1. The van der Waals surface area contributed by atoms with Gasteiger partial charge in [-0.05, 0) is 31.7 Å². The number of aliphatic hydroxyl groups is 1. The molecule has 1 aromatic heterocycles. The minimum atomic E-state index is 0.0153. The number of morpholine rings is 1. The first-order valence-corrected chi connectivity index (χ1v) is 10.1. The van der Waals surface area contributed by atoms with Gasteiger partial charge in [0.05, 0.1) is 17.9 Å². The van der Waals surface area contributed by atoms with Crippen molar-refractivity contribution in [1.29, 1.82) is 0 Å². The van der Waals surface area contributed by atoms with Gasteiger partial charge in [-0.1, -0.05) is 13.8 Å². The molecule has 0 unspecified atom stereocenters. The minimum Gasteiger partial charge on any atom is -0.396 e. The predicted octanol–water partition coefficient (Wildman–Crippen LogP) is 1.33. The van der Waals surface area contributed by atoms with Gasteiger partial charge in [0.15, 0.2) is 0 Å². The van der Waals surface area contributed by atoms with Crippen LogP contribution in [-0.4, -0.2) is 82.1 Å². The van der Waals surface area contributed by atoms with Gasteiger partial charge in [-0.2, -0.15) is 5.10 Å². The van der Waals surface area contributed by atoms with E-state index in [9.17, 15) is 9.90 Å². The number of aliphatic hydroxyl groups excluding tert-OH is 1. The summed E-state index contributed by atoms with van der Waals surface area (Å²) in [6, 6.07) is 1.90. The largest absolute Gasteiger partial charge is 0.396 e. The molecule has 2 aliphatic rings. The van der Waals surface area contributed by atoms with Gasteiger partial charge in [0.2, 0.25) is 0 Å². The van der Waals surface area contributed by atoms with E-state index in [0.29, 0.717) is 24.7 Å². The molecule has 1 amide bonds. The van der Waals surface area contributed by atoms with Gasteiger partial charge in [-0.3, -0.25) is 14.4 Å². The van der Waals surface area contributed by atoms with Crippen molar-refractivity contribution in [2.24, 2.45) is 18.9 Å². The Morgan fingerprint density at radius 2 is 1.85 bits per heavy atom. The second kappa shape index (κ2) is 8.29. The second-order valence-electron chi connectivity index (χ2n) is 8.62. The highest BCUT2D eigenvalue weighted by atomic mass is 16.5. The molecule has 0 bridgehead atoms. The summed E-state index contributed by atoms with van der Waals surface area (Å²) < 4.78 is 7.51. The third-order valence-electron chi connectivity index (χ3n) is 5.80. The first-order valence-electron chi connectivity index (χ1n) is 10.1. The quantitative estimate of drug-likeness (QED) is 0.837. The normalized spacial score (nSPS) is 29.7. The fourth-order valence-electron chi connectivity index (χ4n) is 4.42. The van der Waals surface area contributed by atoms with E-state index in [4.69, 9.17) is 4.74 Å². The van der Waals surface area contributed by atoms with E-state index >= 15 is 0 Å². The lowest BCUT2D eigenvalue weighted by atomic mass is 9.96. The maximum absolute atomic E-state index is 13.1. The molecule has 0 radical (unpaired) electrons. The molecule has 0 spiro atoms. The monoisotopic (exact) mass is 378 g/mol. The van der Waals surface area contributed by atoms with E-state index in [1.54, 1.807) is 4.68 Å². The number of carbonyl (C=O) groups is 1. The molecule has 3 heterocycles. The number of hydrogen-bond donors (Lipinski definition) is 1. The Morgan fingerprint density at radius 3 is 2.41 bits per heavy atom. The van der Waals surface area contributed by atoms with Crippen LogP contribution >= 0.6 is 0 Å². The Bertz CT molecular complexity index is 650. The first-order chi connectivity index (χ1) is 12.8. The SMILES string of the molecule is CC(C)c1cc(C(=O)N2C[C@@H](CN3C[C@@H](C)O[C@@H](C)C3)[C@@H](CO)C2)n(C)n1. The summed E-state index contributed by atoms with van der Waals surface area (Å²) in [5.41, 5.74) is 1.57. The van der Waals surface area contributed by atoms with Gasteiger partial charge in [-0.25, -0.2) is 0 Å². The van der Waals surface area contributed by atoms with E-state index in [1.165, 1.54) is 0 Å². The Labute approximate surface area is 162 Å². The molecule has 2 aliphatic heterocycles. The Balaban J connectivity index is 1.67. The summed E-state index contributed by atoms with van der Waals surface area (Å²) in [6.45, 7) is 12.5. The molecular weight excluding hydrogens is 344 g/mol. The van der Waals surface area contributed by atoms with Crippen molar-refractivity contribution in [1.82, 2.24) is 19.6 Å². The van der Waals surface area contributed by atoms with Crippen LogP contribution in [0.25, 0.3) is 0 Å². The lowest BCUT2D eigenvalue weighted by molar-refractivity contribution is -0.0726. The lowest BCUT2D eigenvalue weighted by Gasteiger charge is -2.37. The van der Waals surface area contributed by atoms with Crippen molar-refractivity contribution in [3.8, 4) is 0 Å². The summed E-state index contributed by atoms with van der Waals surface area (Å²) in [5, 5.41) is 14.3. The average molecular weight is 379 g/mol. The maximum Gasteiger partial charge on any atom is 0.272 e. The zero-order valence-electron chi connectivity index (χ0n) is 17.3. The molecular formula is C20H34N4O3. The van der Waals surface area contributed by atoms with Gasteiger partial charge in [0.25, 0.3) is 5.91 Å². The van der Waals surface area contributed by atoms with Crippen molar-refractivity contribution < 1.29 is 14.6 Å². The van der Waals surface area contributed by atoms with Gasteiger partial charge in [0.1, 0.15) is 5.69 Å². The summed E-state index contributed by atoms with van der Waals surface area (Å²) >= 11 is 0. The number of aryl methyl sites for hydroxylation is 1. The van der Waals surface area contributed by atoms with E-state index in [-0.39, 0.29) is 36.6 Å². The molecule has 152 valence electrons. The third-order valence-corrected chi connectivity index (χ3v) is 5.80. The van der Waals surface area contributed by atoms with Gasteiger partial charge < -0.3 is 14.7 Å². The number of carbonyl (C=O) groups excluding carboxylic acids is 1. The zero-order chi connectivity index (χ0) is 19.7. The van der Waals surface area contributed by atoms with Gasteiger partial charge in [0, 0.05) is 52.3 Å². The smallest absolute Gasteiger partial charge is 0.272 e. The summed E-state index contributed by atoms with van der Waals surface area (Å²) in [4.78, 5) is 17.4. The standard InChI is InChI=1S/C20H34N4O3/c1-13(2)18-6-19(22(5)21-18)20(26)24-10-16(17(11-24)12-25)9-23-7-14(3)27-15(4)8-23/h6,13-17,25H,7-12H2,1-5H3/t14-,15+,16-,17-/m1/s1. The predicted molar refractivity (Wildman–Crippen MR) is 104 cm³/mol. The zero-order valence-corrected chi connectivity index (χ0v) is 17.3. The van der Waals surface area contributed by atoms with Crippen LogP contribution in [0.3, 0.4) is 0 Å². The number of likely N-dealkylation sites (tertiary alicyclic amines) is 1. The Morgan fingerprint density at radius 1 is 1.22 bits per heavy atom. The number of hydrogen-bond acceptors (Lipinski definition) is 5. The van der Waals surface area contributed by atoms with Crippen LogP contribution in [0.5, 0.6) is 0 Å². The highest BCUT2D eigenvalue weighted by molar-refractivity contribution is 5.93. The molecule has 0 saturated carbocycles. The molecule has 7 heteroatoms. The highest BCUT2D eigenvalue weighted by Crippen LogP contribution is 2.27. The van der Waals surface area contributed by atoms with Crippen molar-refractivity contribution in [2.45, 2.75) is 45.8 Å². The molecule has 4 atom stereocenters. The topological polar surface area (TPSA) is 70.8 Å². The molecule has 1 N–H and O–H groups in total. The van der Waals surface area contributed by atoms with Crippen LogP contribution in [0.1, 0.15) is 49.8 Å². The first kappa shape index (κ1) is 20.3. The van der Waals surface area contributed by atoms with Crippen LogP contribution in [-0.2, 0) is 11.8 Å². The third kappa shape index (κ3) is 4.52. The fourth-order valence-corrected chi connectivity index (χ4v) is 4.42. The molecule has 1 aromatic rings. The summed E-state index contributed by atoms with van der Waals surface area (Å²) in [5.74, 6) is 0.718. The summed E-state index contributed by atoms with van der Waals surface area (Å²) in [7, 11) is 1.83. The molecule has 7 nitrogen and oxygen atoms in total. The lowest BCUT2D eigenvalue weighted by Crippen LogP contribution is -2.48. The second-order valence-corrected chi connectivity index (χ2v) is 8.62. The van der Waals surface area contributed by atoms with Crippen LogP contribution < -0.4 is 0 Å². The van der Waals surface area contributed by atoms with Gasteiger partial charge in [-0.15, -0.1) is 0 Å². The van der Waals surface area contributed by atoms with Crippen molar-refractivity contribution in [2.75, 3.05) is 39.3 Å². The van der Waals surface area contributed by atoms with Crippen LogP contribution in [0.15, 0.2) is 6.07 Å². The number of ether oxygens (including phenoxy) is 1. The van der Waals surface area contributed by atoms with Gasteiger partial charge >= 0.3 is 0 Å². The molecule has 0 aliphatic carbocycles. The molecule has 3 rings (SSSR count). The fraction of sp³-hybridized carbons (Fsp3) is 0.800.